The Morgan fingerprint density at radius 3 is 2.53 bits per heavy atom. The van der Waals surface area contributed by atoms with E-state index in [2.05, 4.69) is 5.32 Å². The first-order valence-electron chi connectivity index (χ1n) is 10.2. The highest BCUT2D eigenvalue weighted by molar-refractivity contribution is 6.10. The number of anilines is 2. The summed E-state index contributed by atoms with van der Waals surface area (Å²) >= 11 is 0. The van der Waals surface area contributed by atoms with Crippen LogP contribution in [-0.4, -0.2) is 29.0 Å². The number of amides is 1. The van der Waals surface area contributed by atoms with Gasteiger partial charge in [0.25, 0.3) is 5.91 Å². The van der Waals surface area contributed by atoms with Crippen LogP contribution in [0.3, 0.4) is 0 Å². The highest BCUT2D eigenvalue weighted by Crippen LogP contribution is 2.35. The van der Waals surface area contributed by atoms with E-state index < -0.39 is 6.23 Å². The molecule has 0 radical (unpaired) electrons. The Hall–Kier alpha value is -3.57. The van der Waals surface area contributed by atoms with Crippen molar-refractivity contribution in [2.24, 2.45) is 0 Å². The number of fused-ring (bicyclic) bond motifs is 1. The third kappa shape index (κ3) is 2.95. The van der Waals surface area contributed by atoms with Crippen molar-refractivity contribution in [2.45, 2.75) is 12.6 Å². The normalized spacial score (nSPS) is 15.7. The van der Waals surface area contributed by atoms with Gasteiger partial charge in [-0.3, -0.25) is 4.79 Å². The Kier molecular flexibility index (Phi) is 4.52. The number of nitrogen functional groups attached to an aromatic ring is 1. The second-order valence-electron chi connectivity index (χ2n) is 7.65. The molecule has 5 heteroatoms. The molecule has 0 aromatic heterocycles. The molecule has 150 valence electrons. The number of carbonyl (C=O) groups excluding carboxylic acids is 1. The van der Waals surface area contributed by atoms with Gasteiger partial charge in [0.15, 0.2) is 6.23 Å². The lowest BCUT2D eigenvalue weighted by Crippen LogP contribution is -2.39. The molecule has 1 aliphatic heterocycles. The molecule has 30 heavy (non-hydrogen) atoms. The van der Waals surface area contributed by atoms with Crippen LogP contribution in [-0.2, 0) is 0 Å². The molecule has 1 atom stereocenters. The van der Waals surface area contributed by atoms with Crippen molar-refractivity contribution in [2.75, 3.05) is 24.1 Å². The van der Waals surface area contributed by atoms with E-state index in [1.807, 2.05) is 72.8 Å². The van der Waals surface area contributed by atoms with Crippen molar-refractivity contribution in [3.05, 3.63) is 83.9 Å². The van der Waals surface area contributed by atoms with Gasteiger partial charge in [-0.1, -0.05) is 54.6 Å². The molecule has 0 spiro atoms. The van der Waals surface area contributed by atoms with Crippen molar-refractivity contribution in [1.29, 1.82) is 0 Å². The van der Waals surface area contributed by atoms with Gasteiger partial charge in [-0.15, -0.1) is 0 Å². The van der Waals surface area contributed by atoms with Gasteiger partial charge in [0, 0.05) is 51.7 Å². The summed E-state index contributed by atoms with van der Waals surface area (Å²) < 4.78 is 0. The van der Waals surface area contributed by atoms with Gasteiger partial charge in [0.2, 0.25) is 0 Å². The smallest absolute Gasteiger partial charge is 0.256 e. The Morgan fingerprint density at radius 1 is 0.933 bits per heavy atom. The Labute approximate surface area is 174 Å². The molecular weight excluding hydrogens is 374 g/mol. The predicted molar refractivity (Wildman–Crippen MR) is 121 cm³/mol. The second kappa shape index (κ2) is 7.35. The van der Waals surface area contributed by atoms with Gasteiger partial charge in [-0.2, -0.15) is 0 Å². The third-order valence-corrected chi connectivity index (χ3v) is 5.85. The number of aliphatic hydroxyl groups excluding tert-OH is 1. The lowest BCUT2D eigenvalue weighted by molar-refractivity contribution is 0.00484. The van der Waals surface area contributed by atoms with Gasteiger partial charge < -0.3 is 21.1 Å². The number of rotatable bonds is 5. The first-order chi connectivity index (χ1) is 14.6. The fourth-order valence-electron chi connectivity index (χ4n) is 4.37. The summed E-state index contributed by atoms with van der Waals surface area (Å²) in [6, 6.07) is 23.4. The van der Waals surface area contributed by atoms with Crippen LogP contribution < -0.4 is 11.1 Å². The molecule has 0 bridgehead atoms. The van der Waals surface area contributed by atoms with Gasteiger partial charge in [-0.05, 0) is 30.0 Å². The number of aliphatic hydroxyl groups is 1. The molecule has 1 heterocycles. The standard InChI is InChI=1S/C25H23N3O2/c26-21-12-13-22(18-9-2-1-8-17(18)21)27-14-5-15-28-24(29)19-10-3-6-16-7-4-11-20(23(16)19)25(28)30/h1-4,6-13,24,27,29H,5,14-15,26H2. The maximum absolute atomic E-state index is 13.0. The van der Waals surface area contributed by atoms with Gasteiger partial charge in [0.05, 0.1) is 0 Å². The van der Waals surface area contributed by atoms with E-state index in [-0.39, 0.29) is 5.91 Å². The Bertz CT molecular complexity index is 1260. The molecular formula is C25H23N3O2. The summed E-state index contributed by atoms with van der Waals surface area (Å²) in [5.74, 6) is -0.121. The average Bonchev–Trinajstić information content (AvgIpc) is 2.78. The van der Waals surface area contributed by atoms with E-state index in [0.717, 1.165) is 38.5 Å². The molecule has 0 saturated carbocycles. The molecule has 1 unspecified atom stereocenters. The van der Waals surface area contributed by atoms with Gasteiger partial charge in [0.1, 0.15) is 0 Å². The summed E-state index contributed by atoms with van der Waals surface area (Å²) in [5.41, 5.74) is 9.30. The van der Waals surface area contributed by atoms with E-state index >= 15 is 0 Å². The van der Waals surface area contributed by atoms with Gasteiger partial charge >= 0.3 is 0 Å². The van der Waals surface area contributed by atoms with Crippen molar-refractivity contribution >= 4 is 38.8 Å². The quantitative estimate of drug-likeness (QED) is 0.342. The zero-order valence-electron chi connectivity index (χ0n) is 16.5. The van der Waals surface area contributed by atoms with E-state index in [0.29, 0.717) is 25.1 Å². The van der Waals surface area contributed by atoms with E-state index in [1.165, 1.54) is 0 Å². The predicted octanol–water partition coefficient (Wildman–Crippen LogP) is 4.52. The molecule has 0 aliphatic carbocycles. The Balaban J connectivity index is 1.31. The average molecular weight is 397 g/mol. The van der Waals surface area contributed by atoms with Crippen LogP contribution in [0.15, 0.2) is 72.8 Å². The zero-order valence-corrected chi connectivity index (χ0v) is 16.5. The summed E-state index contributed by atoms with van der Waals surface area (Å²) in [7, 11) is 0. The number of nitrogens with zero attached hydrogens (tertiary/aromatic N) is 1. The molecule has 4 N–H and O–H groups in total. The number of hydrogen-bond acceptors (Lipinski definition) is 4. The van der Waals surface area contributed by atoms with Crippen LogP contribution in [0.2, 0.25) is 0 Å². The number of benzene rings is 4. The SMILES string of the molecule is Nc1ccc(NCCCN2C(=O)c3cccc4cccc(c34)C2O)c2ccccc12. The number of nitrogens with one attached hydrogen (secondary N) is 1. The molecule has 0 saturated heterocycles. The highest BCUT2D eigenvalue weighted by atomic mass is 16.3. The van der Waals surface area contributed by atoms with Gasteiger partial charge in [-0.25, -0.2) is 0 Å². The lowest BCUT2D eigenvalue weighted by Gasteiger charge is -2.33. The Morgan fingerprint density at radius 2 is 1.70 bits per heavy atom. The first-order valence-corrected chi connectivity index (χ1v) is 10.2. The number of hydrogen-bond donors (Lipinski definition) is 3. The lowest BCUT2D eigenvalue weighted by atomic mass is 9.93. The summed E-state index contributed by atoms with van der Waals surface area (Å²) in [6.07, 6.45) is -0.215. The molecule has 5 rings (SSSR count). The second-order valence-corrected chi connectivity index (χ2v) is 7.65. The minimum absolute atomic E-state index is 0.121. The van der Waals surface area contributed by atoms with Crippen LogP contribution in [0.25, 0.3) is 21.5 Å². The maximum Gasteiger partial charge on any atom is 0.256 e. The summed E-state index contributed by atoms with van der Waals surface area (Å²) in [6.45, 7) is 1.14. The molecule has 4 aromatic carbocycles. The van der Waals surface area contributed by atoms with Crippen LogP contribution in [0, 0.1) is 0 Å². The van der Waals surface area contributed by atoms with E-state index in [4.69, 9.17) is 5.73 Å². The van der Waals surface area contributed by atoms with Crippen LogP contribution in [0.4, 0.5) is 11.4 Å². The molecule has 5 nitrogen and oxygen atoms in total. The molecule has 1 aliphatic rings. The summed E-state index contributed by atoms with van der Waals surface area (Å²) in [4.78, 5) is 14.6. The van der Waals surface area contributed by atoms with Crippen molar-refractivity contribution in [3.63, 3.8) is 0 Å². The maximum atomic E-state index is 13.0. The van der Waals surface area contributed by atoms with Crippen LogP contribution in [0.5, 0.6) is 0 Å². The summed E-state index contributed by atoms with van der Waals surface area (Å²) in [5, 5.41) is 18.2. The number of carbonyl (C=O) groups is 1. The van der Waals surface area contributed by atoms with Crippen molar-refractivity contribution < 1.29 is 9.90 Å². The van der Waals surface area contributed by atoms with Crippen molar-refractivity contribution in [3.8, 4) is 0 Å². The highest BCUT2D eigenvalue weighted by Gasteiger charge is 2.32. The minimum atomic E-state index is -0.923. The number of nitrogens with two attached hydrogens (primary N) is 1. The first kappa shape index (κ1) is 18.5. The minimum Gasteiger partial charge on any atom is -0.398 e. The monoisotopic (exact) mass is 397 g/mol. The topological polar surface area (TPSA) is 78.6 Å². The largest absolute Gasteiger partial charge is 0.398 e. The van der Waals surface area contributed by atoms with Crippen LogP contribution in [0.1, 0.15) is 28.6 Å². The van der Waals surface area contributed by atoms with Crippen molar-refractivity contribution in [1.82, 2.24) is 4.90 Å². The van der Waals surface area contributed by atoms with E-state index in [9.17, 15) is 9.90 Å². The molecule has 1 amide bonds. The zero-order chi connectivity index (χ0) is 20.7. The van der Waals surface area contributed by atoms with E-state index in [1.54, 1.807) is 4.90 Å². The fraction of sp³-hybridized carbons (Fsp3) is 0.160. The molecule has 0 fully saturated rings. The van der Waals surface area contributed by atoms with Crippen LogP contribution >= 0.6 is 0 Å². The molecule has 4 aromatic rings. The fourth-order valence-corrected chi connectivity index (χ4v) is 4.37. The third-order valence-electron chi connectivity index (χ3n) is 5.85.